The minimum absolute atomic E-state index is 0.0567. The molecule has 0 bridgehead atoms. The summed E-state index contributed by atoms with van der Waals surface area (Å²) in [5.74, 6) is 0.987. The summed E-state index contributed by atoms with van der Waals surface area (Å²) in [5, 5.41) is 0. The second-order valence-corrected chi connectivity index (χ2v) is 7.66. The quantitative estimate of drug-likeness (QED) is 0.623. The Labute approximate surface area is 174 Å². The van der Waals surface area contributed by atoms with Gasteiger partial charge < -0.3 is 0 Å². The van der Waals surface area contributed by atoms with Crippen molar-refractivity contribution >= 4 is 33.1 Å². The van der Waals surface area contributed by atoms with E-state index >= 15 is 0 Å². The Morgan fingerprint density at radius 1 is 0.897 bits per heavy atom. The second kappa shape index (κ2) is 8.45. The Morgan fingerprint density at radius 2 is 1.52 bits per heavy atom. The van der Waals surface area contributed by atoms with Crippen LogP contribution in [0.3, 0.4) is 0 Å². The maximum atomic E-state index is 13.7. The molecule has 7 nitrogen and oxygen atoms in total. The molecule has 2 fully saturated rings. The van der Waals surface area contributed by atoms with Crippen molar-refractivity contribution in [3.05, 3.63) is 23.9 Å². The molecule has 0 amide bonds. The van der Waals surface area contributed by atoms with Crippen molar-refractivity contribution in [3.8, 4) is 11.3 Å². The zero-order valence-electron chi connectivity index (χ0n) is 15.5. The van der Waals surface area contributed by atoms with Crippen LogP contribution < -0.4 is 14.3 Å². The molecule has 2 aliphatic heterocycles. The van der Waals surface area contributed by atoms with Crippen molar-refractivity contribution < 1.29 is 22.6 Å². The average Bonchev–Trinajstić information content (AvgIpc) is 2.74. The molecule has 2 radical (unpaired) electrons. The van der Waals surface area contributed by atoms with Gasteiger partial charge in [-0.2, -0.15) is 0 Å². The third kappa shape index (κ3) is 4.65. The zero-order chi connectivity index (χ0) is 20.4. The van der Waals surface area contributed by atoms with Crippen LogP contribution in [0.25, 0.3) is 11.3 Å². The van der Waals surface area contributed by atoms with Crippen LogP contribution in [0.15, 0.2) is 18.3 Å². The summed E-state index contributed by atoms with van der Waals surface area (Å²) in [6, 6.07) is 2.63. The number of alkyl halides is 3. The Morgan fingerprint density at radius 3 is 2.14 bits per heavy atom. The van der Waals surface area contributed by atoms with E-state index in [1.54, 1.807) is 6.07 Å². The van der Waals surface area contributed by atoms with Crippen LogP contribution in [0.4, 0.5) is 24.9 Å². The summed E-state index contributed by atoms with van der Waals surface area (Å²) in [5.41, 5.74) is -0.614. The van der Waals surface area contributed by atoms with E-state index in [9.17, 15) is 13.2 Å². The van der Waals surface area contributed by atoms with Crippen molar-refractivity contribution in [3.63, 3.8) is 0 Å². The van der Waals surface area contributed by atoms with Crippen LogP contribution in [-0.2, 0) is 15.7 Å². The van der Waals surface area contributed by atoms with Crippen LogP contribution in [-0.4, -0.2) is 84.4 Å². The van der Waals surface area contributed by atoms with Gasteiger partial charge in [0.25, 0.3) is 0 Å². The molecule has 2 aromatic heterocycles. The number of hydrogen-bond acceptors (Lipinski definition) is 7. The van der Waals surface area contributed by atoms with E-state index in [1.165, 1.54) is 6.20 Å². The van der Waals surface area contributed by atoms with Gasteiger partial charge in [0, 0.05) is 0 Å². The van der Waals surface area contributed by atoms with E-state index in [0.29, 0.717) is 64.4 Å². The van der Waals surface area contributed by atoms with Crippen molar-refractivity contribution in [2.24, 2.45) is 0 Å². The number of nitrogens with zero attached hydrogens (tertiary/aromatic N) is 5. The van der Waals surface area contributed by atoms with Crippen LogP contribution in [0, 0.1) is 0 Å². The number of morpholine rings is 2. The van der Waals surface area contributed by atoms with E-state index in [4.69, 9.17) is 9.47 Å². The van der Waals surface area contributed by atoms with Gasteiger partial charge >= 0.3 is 174 Å². The fraction of sp³-hybridized carbons (Fsp3) is 0.500. The molecule has 2 aliphatic rings. The van der Waals surface area contributed by atoms with Gasteiger partial charge in [-0.1, -0.05) is 0 Å². The molecule has 0 N–H and O–H groups in total. The monoisotopic (exact) mass is 469 g/mol. The molecule has 0 spiro atoms. The minimum atomic E-state index is -4.52. The molecule has 29 heavy (non-hydrogen) atoms. The second-order valence-electron chi connectivity index (χ2n) is 6.70. The fourth-order valence-electron chi connectivity index (χ4n) is 3.30. The Bertz CT molecular complexity index is 835. The van der Waals surface area contributed by atoms with Crippen molar-refractivity contribution in [1.82, 2.24) is 15.0 Å². The molecule has 154 valence electrons. The molecule has 4 rings (SSSR count). The summed E-state index contributed by atoms with van der Waals surface area (Å²) in [4.78, 5) is 17.1. The van der Waals surface area contributed by atoms with E-state index in [0.717, 1.165) is 6.07 Å². The molecule has 4 heterocycles. The van der Waals surface area contributed by atoms with E-state index < -0.39 is 11.7 Å². The van der Waals surface area contributed by atoms with Crippen molar-refractivity contribution in [2.45, 2.75) is 6.18 Å². The number of pyridine rings is 1. The SMILES string of the molecule is FC(F)(F)c1cc([As])ncc1-c1cc(N2CCOCC2)nc(N2CCOCC2)n1. The standard InChI is InChI=1S/C18H19AsF3N5O2/c19-15-9-13(18(20,21)22)12(11-23-15)14-10-16(26-1-5-28-6-2-26)25-17(24-14)27-3-7-29-8-4-27/h9-11H,1-8H2. The third-order valence-corrected chi connectivity index (χ3v) is 5.31. The summed E-state index contributed by atoms with van der Waals surface area (Å²) in [6.45, 7) is 4.55. The van der Waals surface area contributed by atoms with Crippen molar-refractivity contribution in [1.29, 1.82) is 0 Å². The normalized spacial score (nSPS) is 18.2. The van der Waals surface area contributed by atoms with Crippen LogP contribution in [0.2, 0.25) is 0 Å². The first-order chi connectivity index (χ1) is 13.9. The number of rotatable bonds is 3. The van der Waals surface area contributed by atoms with Crippen LogP contribution in [0.5, 0.6) is 0 Å². The van der Waals surface area contributed by atoms with Gasteiger partial charge in [0.2, 0.25) is 0 Å². The van der Waals surface area contributed by atoms with Gasteiger partial charge in [-0.15, -0.1) is 0 Å². The van der Waals surface area contributed by atoms with Gasteiger partial charge in [-0.3, -0.25) is 0 Å². The zero-order valence-corrected chi connectivity index (χ0v) is 17.4. The van der Waals surface area contributed by atoms with Crippen molar-refractivity contribution in [2.75, 3.05) is 62.4 Å². The fourth-order valence-corrected chi connectivity index (χ4v) is 3.69. The predicted molar refractivity (Wildman–Crippen MR) is 102 cm³/mol. The number of hydrogen-bond donors (Lipinski definition) is 0. The Kier molecular flexibility index (Phi) is 5.94. The molecular formula is C18H19AsF3N5O2. The van der Waals surface area contributed by atoms with E-state index in [-0.39, 0.29) is 15.7 Å². The molecule has 0 unspecified atom stereocenters. The molecule has 0 aromatic carbocycles. The van der Waals surface area contributed by atoms with Gasteiger partial charge in [0.05, 0.1) is 0 Å². The molecule has 0 aliphatic carbocycles. The van der Waals surface area contributed by atoms with Gasteiger partial charge in [0.1, 0.15) is 0 Å². The number of halogens is 3. The Balaban J connectivity index is 1.82. The first-order valence-corrected chi connectivity index (χ1v) is 10.2. The van der Waals surface area contributed by atoms with Crippen LogP contribution >= 0.6 is 0 Å². The Hall–Kier alpha value is -1.90. The van der Waals surface area contributed by atoms with Crippen LogP contribution in [0.1, 0.15) is 5.56 Å². The topological polar surface area (TPSA) is 63.6 Å². The first kappa shape index (κ1) is 20.4. The van der Waals surface area contributed by atoms with Gasteiger partial charge in [-0.25, -0.2) is 0 Å². The number of ether oxygens (including phenoxy) is 2. The number of anilines is 2. The summed E-state index contributed by atoms with van der Waals surface area (Å²) < 4.78 is 52.1. The summed E-state index contributed by atoms with van der Waals surface area (Å²) in [7, 11) is 0. The molecule has 0 atom stereocenters. The summed E-state index contributed by atoms with van der Waals surface area (Å²) >= 11 is 2.04. The molecule has 0 saturated carbocycles. The number of aromatic nitrogens is 3. The molecule has 2 aromatic rings. The molecule has 2 saturated heterocycles. The third-order valence-electron chi connectivity index (χ3n) is 4.80. The van der Waals surface area contributed by atoms with Gasteiger partial charge in [0.15, 0.2) is 0 Å². The molecular weight excluding hydrogens is 450 g/mol. The summed E-state index contributed by atoms with van der Waals surface area (Å²) in [6.07, 6.45) is -3.29. The first-order valence-electron chi connectivity index (χ1n) is 9.23. The van der Waals surface area contributed by atoms with E-state index in [2.05, 4.69) is 15.0 Å². The predicted octanol–water partition coefficient (Wildman–Crippen LogP) is 1.02. The van der Waals surface area contributed by atoms with Gasteiger partial charge in [-0.05, 0) is 0 Å². The maximum absolute atomic E-state index is 13.7. The molecule has 11 heteroatoms. The average molecular weight is 469 g/mol. The van der Waals surface area contributed by atoms with E-state index in [1.807, 2.05) is 26.7 Å².